The number of aromatic nitrogens is 2. The third-order valence-corrected chi connectivity index (χ3v) is 3.65. The minimum Gasteiger partial charge on any atom is -0.269 e. The summed E-state index contributed by atoms with van der Waals surface area (Å²) in [6.07, 6.45) is -10.5. The second-order valence-corrected chi connectivity index (χ2v) is 5.66. The summed E-state index contributed by atoms with van der Waals surface area (Å²) in [5.41, 5.74) is -5.06. The Labute approximate surface area is 148 Å². The highest BCUT2D eigenvalue weighted by Gasteiger charge is 2.59. The van der Waals surface area contributed by atoms with Gasteiger partial charge in [0.1, 0.15) is 6.33 Å². The van der Waals surface area contributed by atoms with E-state index in [2.05, 4.69) is 4.98 Å². The van der Waals surface area contributed by atoms with E-state index in [9.17, 15) is 39.9 Å². The van der Waals surface area contributed by atoms with Gasteiger partial charge < -0.3 is 0 Å². The summed E-state index contributed by atoms with van der Waals surface area (Å²) in [5, 5.41) is -1.64. The van der Waals surface area contributed by atoms with Crippen molar-refractivity contribution in [3.05, 3.63) is 56.2 Å². The van der Waals surface area contributed by atoms with Crippen LogP contribution in [0.15, 0.2) is 29.3 Å². The van der Waals surface area contributed by atoms with Crippen molar-refractivity contribution in [1.82, 2.24) is 9.55 Å². The van der Waals surface area contributed by atoms with Gasteiger partial charge in [0.05, 0.1) is 15.7 Å². The molecule has 0 aliphatic heterocycles. The maximum Gasteiger partial charge on any atom is 0.458 e. The van der Waals surface area contributed by atoms with Crippen molar-refractivity contribution >= 4 is 23.2 Å². The van der Waals surface area contributed by atoms with Gasteiger partial charge in [-0.1, -0.05) is 23.2 Å². The fourth-order valence-corrected chi connectivity index (χ4v) is 2.53. The minimum absolute atomic E-state index is 0.0882. The van der Waals surface area contributed by atoms with E-state index in [-0.39, 0.29) is 18.2 Å². The summed E-state index contributed by atoms with van der Waals surface area (Å²) in [5.74, 6) is -5.29. The maximum absolute atomic E-state index is 13.4. The summed E-state index contributed by atoms with van der Waals surface area (Å²) in [4.78, 5) is 14.8. The van der Waals surface area contributed by atoms with Gasteiger partial charge in [-0.2, -0.15) is 35.1 Å². The van der Waals surface area contributed by atoms with Gasteiger partial charge in [0.25, 0.3) is 5.56 Å². The zero-order chi connectivity index (χ0) is 20.1. The van der Waals surface area contributed by atoms with Crippen molar-refractivity contribution in [3.8, 4) is 5.69 Å². The molecule has 0 aliphatic carbocycles. The van der Waals surface area contributed by atoms with Crippen molar-refractivity contribution in [2.45, 2.75) is 18.3 Å². The standard InChI is InChI=1S/C13H4Cl2F8N2O/c14-6-1-5(11(16,17)13(21,22)23)2-7(15)10(6)25-4-24-8(3-9(25)26)12(18,19)20/h1-4H. The van der Waals surface area contributed by atoms with Crippen LogP contribution >= 0.6 is 23.2 Å². The van der Waals surface area contributed by atoms with Crippen molar-refractivity contribution in [2.75, 3.05) is 0 Å². The lowest BCUT2D eigenvalue weighted by Crippen LogP contribution is -2.33. The molecule has 0 aliphatic rings. The molecule has 0 atom stereocenters. The SMILES string of the molecule is O=c1cc(C(F)(F)F)ncn1-c1c(Cl)cc(C(F)(F)C(F)(F)F)cc1Cl. The number of benzene rings is 1. The van der Waals surface area contributed by atoms with Crippen molar-refractivity contribution < 1.29 is 35.1 Å². The predicted molar refractivity (Wildman–Crippen MR) is 74.8 cm³/mol. The number of halogens is 10. The highest BCUT2D eigenvalue weighted by Crippen LogP contribution is 2.46. The molecule has 2 rings (SSSR count). The van der Waals surface area contributed by atoms with Crippen LogP contribution < -0.4 is 5.56 Å². The summed E-state index contributed by atoms with van der Waals surface area (Å²) in [7, 11) is 0. The van der Waals surface area contributed by atoms with Crippen LogP contribution in [0.5, 0.6) is 0 Å². The van der Waals surface area contributed by atoms with E-state index in [0.29, 0.717) is 10.9 Å². The average molecular weight is 427 g/mol. The second kappa shape index (κ2) is 6.38. The summed E-state index contributed by atoms with van der Waals surface area (Å²) < 4.78 is 102. The monoisotopic (exact) mass is 426 g/mol. The van der Waals surface area contributed by atoms with Gasteiger partial charge in [0, 0.05) is 11.6 Å². The Morgan fingerprint density at radius 1 is 0.885 bits per heavy atom. The quantitative estimate of drug-likeness (QED) is 0.617. The van der Waals surface area contributed by atoms with Gasteiger partial charge in [-0.15, -0.1) is 0 Å². The highest BCUT2D eigenvalue weighted by atomic mass is 35.5. The maximum atomic E-state index is 13.4. The molecule has 0 spiro atoms. The van der Waals surface area contributed by atoms with Crippen LogP contribution in [0.2, 0.25) is 10.0 Å². The molecule has 0 fully saturated rings. The van der Waals surface area contributed by atoms with E-state index < -0.39 is 50.8 Å². The zero-order valence-electron chi connectivity index (χ0n) is 11.9. The first-order valence-electron chi connectivity index (χ1n) is 6.26. The minimum atomic E-state index is -5.94. The fraction of sp³-hybridized carbons (Fsp3) is 0.231. The third-order valence-electron chi connectivity index (χ3n) is 3.08. The van der Waals surface area contributed by atoms with Crippen LogP contribution in [-0.4, -0.2) is 15.7 Å². The van der Waals surface area contributed by atoms with E-state index in [1.807, 2.05) is 0 Å². The lowest BCUT2D eigenvalue weighted by atomic mass is 10.1. The Morgan fingerprint density at radius 2 is 1.38 bits per heavy atom. The highest BCUT2D eigenvalue weighted by molar-refractivity contribution is 6.37. The first-order valence-corrected chi connectivity index (χ1v) is 7.02. The molecule has 13 heteroatoms. The Hall–Kier alpha value is -1.88. The summed E-state index contributed by atoms with van der Waals surface area (Å²) in [6.45, 7) is 0. The van der Waals surface area contributed by atoms with Gasteiger partial charge in [-0.25, -0.2) is 4.98 Å². The third kappa shape index (κ3) is 3.63. The van der Waals surface area contributed by atoms with Crippen LogP contribution in [0.25, 0.3) is 5.69 Å². The first kappa shape index (κ1) is 20.4. The Morgan fingerprint density at radius 3 is 1.77 bits per heavy atom. The van der Waals surface area contributed by atoms with Crippen LogP contribution in [0.1, 0.15) is 11.3 Å². The molecule has 1 aromatic heterocycles. The largest absolute Gasteiger partial charge is 0.458 e. The van der Waals surface area contributed by atoms with Crippen LogP contribution in [0.4, 0.5) is 35.1 Å². The number of nitrogens with zero attached hydrogens (tertiary/aromatic N) is 2. The van der Waals surface area contributed by atoms with E-state index in [1.54, 1.807) is 0 Å². The molecule has 0 saturated heterocycles. The first-order chi connectivity index (χ1) is 11.7. The molecule has 1 aromatic carbocycles. The molecule has 1 heterocycles. The van der Waals surface area contributed by atoms with Crippen molar-refractivity contribution in [2.24, 2.45) is 0 Å². The zero-order valence-corrected chi connectivity index (χ0v) is 13.4. The molecule has 0 radical (unpaired) electrons. The molecule has 0 amide bonds. The number of hydrogen-bond acceptors (Lipinski definition) is 2. The van der Waals surface area contributed by atoms with E-state index >= 15 is 0 Å². The molecule has 2 aromatic rings. The van der Waals surface area contributed by atoms with Crippen molar-refractivity contribution in [1.29, 1.82) is 0 Å². The summed E-state index contributed by atoms with van der Waals surface area (Å²) >= 11 is 11.3. The van der Waals surface area contributed by atoms with Gasteiger partial charge in [0.15, 0.2) is 5.69 Å². The van der Waals surface area contributed by atoms with Crippen molar-refractivity contribution in [3.63, 3.8) is 0 Å². The van der Waals surface area contributed by atoms with Gasteiger partial charge in [-0.3, -0.25) is 9.36 Å². The lowest BCUT2D eigenvalue weighted by molar-refractivity contribution is -0.289. The van der Waals surface area contributed by atoms with Gasteiger partial charge in [-0.05, 0) is 12.1 Å². The summed E-state index contributed by atoms with van der Waals surface area (Å²) in [6, 6.07) is 0.506. The molecule has 26 heavy (non-hydrogen) atoms. The number of alkyl halides is 8. The fourth-order valence-electron chi connectivity index (χ4n) is 1.86. The Balaban J connectivity index is 2.62. The molecule has 0 N–H and O–H groups in total. The van der Waals surface area contributed by atoms with Gasteiger partial charge >= 0.3 is 18.3 Å². The molecule has 0 saturated carbocycles. The van der Waals surface area contributed by atoms with Crippen LogP contribution in [0.3, 0.4) is 0 Å². The topological polar surface area (TPSA) is 34.9 Å². The normalized spacial score (nSPS) is 13.2. The van der Waals surface area contributed by atoms with E-state index in [1.165, 1.54) is 0 Å². The smallest absolute Gasteiger partial charge is 0.269 e. The lowest BCUT2D eigenvalue weighted by Gasteiger charge is -2.21. The van der Waals surface area contributed by atoms with Crippen LogP contribution in [0, 0.1) is 0 Å². The Kier molecular flexibility index (Phi) is 5.01. The average Bonchev–Trinajstić information content (AvgIpc) is 2.45. The molecular formula is C13H4Cl2F8N2O. The molecule has 0 bridgehead atoms. The second-order valence-electron chi connectivity index (χ2n) is 4.84. The van der Waals surface area contributed by atoms with Crippen LogP contribution in [-0.2, 0) is 12.1 Å². The molecule has 3 nitrogen and oxygen atoms in total. The number of rotatable bonds is 2. The molecule has 142 valence electrons. The Bertz CT molecular complexity index is 881. The number of hydrogen-bond donors (Lipinski definition) is 0. The molecule has 0 unspecified atom stereocenters. The van der Waals surface area contributed by atoms with E-state index in [4.69, 9.17) is 23.2 Å². The van der Waals surface area contributed by atoms with Gasteiger partial charge in [0.2, 0.25) is 0 Å². The van der Waals surface area contributed by atoms with E-state index in [0.717, 1.165) is 0 Å². The predicted octanol–water partition coefficient (Wildman–Crippen LogP) is 5.21. The molecular weight excluding hydrogens is 423 g/mol.